The van der Waals surface area contributed by atoms with E-state index in [-0.39, 0.29) is 5.75 Å². The van der Waals surface area contributed by atoms with Gasteiger partial charge in [0.15, 0.2) is 5.96 Å². The quantitative estimate of drug-likeness (QED) is 0.520. The monoisotopic (exact) mass is 430 g/mol. The van der Waals surface area contributed by atoms with Crippen molar-refractivity contribution in [1.82, 2.24) is 14.9 Å². The standard InChI is InChI=1S/C22H30N4O3S/c1-23-22(25-14-17-4-6-18(7-5-17)16-30(27,28)24-2)26-13-12-20(15-26)19-8-10-21(29-3)11-9-19/h4-11,20,24H,12-16H2,1-3H3,(H,23,25). The van der Waals surface area contributed by atoms with Crippen molar-refractivity contribution in [2.75, 3.05) is 34.3 Å². The molecule has 30 heavy (non-hydrogen) atoms. The zero-order chi connectivity index (χ0) is 21.6. The molecule has 0 radical (unpaired) electrons. The fraction of sp³-hybridized carbons (Fsp3) is 0.409. The lowest BCUT2D eigenvalue weighted by Crippen LogP contribution is -2.39. The maximum atomic E-state index is 11.7. The van der Waals surface area contributed by atoms with Crippen LogP contribution >= 0.6 is 0 Å². The highest BCUT2D eigenvalue weighted by Crippen LogP contribution is 2.28. The minimum atomic E-state index is -3.26. The van der Waals surface area contributed by atoms with E-state index >= 15 is 0 Å². The van der Waals surface area contributed by atoms with Crippen molar-refractivity contribution in [1.29, 1.82) is 0 Å². The lowest BCUT2D eigenvalue weighted by atomic mass is 9.98. The summed E-state index contributed by atoms with van der Waals surface area (Å²) in [7, 11) is 1.65. The normalized spacial score (nSPS) is 17.2. The van der Waals surface area contributed by atoms with Crippen molar-refractivity contribution in [3.8, 4) is 5.75 Å². The number of rotatable bonds is 7. The second-order valence-corrected chi connectivity index (χ2v) is 9.31. The van der Waals surface area contributed by atoms with Gasteiger partial charge in [0, 0.05) is 32.6 Å². The van der Waals surface area contributed by atoms with Crippen molar-refractivity contribution in [3.05, 3.63) is 65.2 Å². The fourth-order valence-electron chi connectivity index (χ4n) is 3.66. The summed E-state index contributed by atoms with van der Waals surface area (Å²) in [4.78, 5) is 6.72. The SMILES string of the molecule is CN=C(NCc1ccc(CS(=O)(=O)NC)cc1)N1CCC(c2ccc(OC)cc2)C1. The van der Waals surface area contributed by atoms with Gasteiger partial charge in [-0.3, -0.25) is 4.99 Å². The summed E-state index contributed by atoms with van der Waals surface area (Å²) in [5.74, 6) is 2.22. The zero-order valence-electron chi connectivity index (χ0n) is 17.8. The molecule has 0 saturated carbocycles. The Morgan fingerprint density at radius 1 is 1.13 bits per heavy atom. The number of nitrogens with one attached hydrogen (secondary N) is 2. The fourth-order valence-corrected chi connectivity index (χ4v) is 4.43. The van der Waals surface area contributed by atoms with Crippen LogP contribution in [0, 0.1) is 0 Å². The summed E-state index contributed by atoms with van der Waals surface area (Å²) in [6.45, 7) is 2.51. The van der Waals surface area contributed by atoms with Crippen LogP contribution in [0.25, 0.3) is 0 Å². The van der Waals surface area contributed by atoms with Crippen molar-refractivity contribution in [3.63, 3.8) is 0 Å². The van der Waals surface area contributed by atoms with Crippen LogP contribution in [-0.4, -0.2) is 53.6 Å². The number of benzene rings is 2. The molecule has 7 nitrogen and oxygen atoms in total. The highest BCUT2D eigenvalue weighted by atomic mass is 32.2. The van der Waals surface area contributed by atoms with Gasteiger partial charge in [-0.15, -0.1) is 0 Å². The zero-order valence-corrected chi connectivity index (χ0v) is 18.6. The molecule has 2 N–H and O–H groups in total. The molecule has 0 bridgehead atoms. The molecule has 1 fully saturated rings. The lowest BCUT2D eigenvalue weighted by Gasteiger charge is -2.22. The van der Waals surface area contributed by atoms with E-state index in [1.165, 1.54) is 12.6 Å². The average Bonchev–Trinajstić information content (AvgIpc) is 3.25. The van der Waals surface area contributed by atoms with Gasteiger partial charge in [0.2, 0.25) is 10.0 Å². The molecular weight excluding hydrogens is 400 g/mol. The van der Waals surface area contributed by atoms with Crippen LogP contribution in [0.15, 0.2) is 53.5 Å². The number of ether oxygens (including phenoxy) is 1. The van der Waals surface area contributed by atoms with Gasteiger partial charge in [-0.05, 0) is 42.3 Å². The molecule has 1 aliphatic rings. The predicted octanol–water partition coefficient (Wildman–Crippen LogP) is 2.31. The number of nitrogens with zero attached hydrogens (tertiary/aromatic N) is 2. The molecule has 3 rings (SSSR count). The summed E-state index contributed by atoms with van der Waals surface area (Å²) < 4.78 is 30.9. The summed E-state index contributed by atoms with van der Waals surface area (Å²) >= 11 is 0. The van der Waals surface area contributed by atoms with E-state index in [9.17, 15) is 8.42 Å². The average molecular weight is 431 g/mol. The van der Waals surface area contributed by atoms with Crippen LogP contribution in [0.3, 0.4) is 0 Å². The maximum absolute atomic E-state index is 11.7. The van der Waals surface area contributed by atoms with Gasteiger partial charge >= 0.3 is 0 Å². The molecule has 1 atom stereocenters. The van der Waals surface area contributed by atoms with Crippen molar-refractivity contribution in [2.24, 2.45) is 4.99 Å². The predicted molar refractivity (Wildman–Crippen MR) is 120 cm³/mol. The van der Waals surface area contributed by atoms with Gasteiger partial charge in [0.25, 0.3) is 0 Å². The van der Waals surface area contributed by atoms with Crippen LogP contribution in [0.2, 0.25) is 0 Å². The largest absolute Gasteiger partial charge is 0.497 e. The molecule has 1 heterocycles. The van der Waals surface area contributed by atoms with Crippen LogP contribution in [0.4, 0.5) is 0 Å². The molecule has 1 unspecified atom stereocenters. The molecule has 1 saturated heterocycles. The Bertz CT molecular complexity index is 957. The van der Waals surface area contributed by atoms with Crippen molar-refractivity contribution in [2.45, 2.75) is 24.6 Å². The number of aliphatic imine (C=N–C) groups is 1. The van der Waals surface area contributed by atoms with Gasteiger partial charge in [0.05, 0.1) is 12.9 Å². The molecule has 2 aromatic carbocycles. The number of hydrogen-bond donors (Lipinski definition) is 2. The summed E-state index contributed by atoms with van der Waals surface area (Å²) in [5.41, 5.74) is 3.16. The van der Waals surface area contributed by atoms with Crippen LogP contribution in [-0.2, 0) is 22.3 Å². The lowest BCUT2D eigenvalue weighted by molar-refractivity contribution is 0.414. The van der Waals surface area contributed by atoms with E-state index in [4.69, 9.17) is 4.74 Å². The van der Waals surface area contributed by atoms with Gasteiger partial charge in [-0.1, -0.05) is 36.4 Å². The molecule has 2 aromatic rings. The van der Waals surface area contributed by atoms with Gasteiger partial charge in [-0.2, -0.15) is 0 Å². The maximum Gasteiger partial charge on any atom is 0.215 e. The third kappa shape index (κ3) is 5.73. The smallest absolute Gasteiger partial charge is 0.215 e. The second-order valence-electron chi connectivity index (χ2n) is 7.39. The number of guanidine groups is 1. The first kappa shape index (κ1) is 22.1. The molecule has 1 aliphatic heterocycles. The summed E-state index contributed by atoms with van der Waals surface area (Å²) in [6.07, 6.45) is 1.08. The van der Waals surface area contributed by atoms with E-state index in [1.54, 1.807) is 14.2 Å². The number of sulfonamides is 1. The highest BCUT2D eigenvalue weighted by Gasteiger charge is 2.26. The first-order chi connectivity index (χ1) is 14.4. The second kappa shape index (κ2) is 9.95. The first-order valence-corrected chi connectivity index (χ1v) is 11.7. The van der Waals surface area contributed by atoms with E-state index < -0.39 is 10.0 Å². The Morgan fingerprint density at radius 2 is 1.80 bits per heavy atom. The Balaban J connectivity index is 1.54. The number of hydrogen-bond acceptors (Lipinski definition) is 4. The van der Waals surface area contributed by atoms with E-state index in [2.05, 4.69) is 32.1 Å². The molecule has 162 valence electrons. The van der Waals surface area contributed by atoms with Crippen molar-refractivity contribution < 1.29 is 13.2 Å². The van der Waals surface area contributed by atoms with Gasteiger partial charge < -0.3 is 15.0 Å². The molecule has 0 spiro atoms. The minimum absolute atomic E-state index is 0.0145. The molecule has 0 aromatic heterocycles. The van der Waals surface area contributed by atoms with Gasteiger partial charge in [0.1, 0.15) is 5.75 Å². The van der Waals surface area contributed by atoms with E-state index in [0.717, 1.165) is 42.3 Å². The Kier molecular flexibility index (Phi) is 7.33. The molecule has 0 aliphatic carbocycles. The van der Waals surface area contributed by atoms with Crippen LogP contribution < -0.4 is 14.8 Å². The molecule has 0 amide bonds. The Hall–Kier alpha value is -2.58. The summed E-state index contributed by atoms with van der Waals surface area (Å²) in [5, 5.41) is 3.42. The first-order valence-electron chi connectivity index (χ1n) is 10.0. The van der Waals surface area contributed by atoms with Gasteiger partial charge in [-0.25, -0.2) is 13.1 Å². The minimum Gasteiger partial charge on any atom is -0.497 e. The number of methoxy groups -OCH3 is 1. The Labute approximate surface area is 179 Å². The van der Waals surface area contributed by atoms with Crippen LogP contribution in [0.5, 0.6) is 5.75 Å². The van der Waals surface area contributed by atoms with Crippen LogP contribution in [0.1, 0.15) is 29.0 Å². The number of likely N-dealkylation sites (tertiary alicyclic amines) is 1. The van der Waals surface area contributed by atoms with E-state index in [0.29, 0.717) is 12.5 Å². The molecule has 8 heteroatoms. The van der Waals surface area contributed by atoms with E-state index in [1.807, 2.05) is 36.4 Å². The topological polar surface area (TPSA) is 83.0 Å². The third-order valence-electron chi connectivity index (χ3n) is 5.43. The summed E-state index contributed by atoms with van der Waals surface area (Å²) in [6, 6.07) is 15.9. The van der Waals surface area contributed by atoms with Crippen molar-refractivity contribution >= 4 is 16.0 Å². The third-order valence-corrected chi connectivity index (χ3v) is 6.76. The molecular formula is C22H30N4O3S. The highest BCUT2D eigenvalue weighted by molar-refractivity contribution is 7.88. The Morgan fingerprint density at radius 3 is 2.40 bits per heavy atom.